The Morgan fingerprint density at radius 3 is 2.69 bits per heavy atom. The molecule has 1 aromatic heterocycles. The maximum atomic E-state index is 6.00. The minimum absolute atomic E-state index is 0.599. The van der Waals surface area contributed by atoms with E-state index in [4.69, 9.17) is 11.6 Å². The lowest BCUT2D eigenvalue weighted by atomic mass is 10.3. The standard InChI is InChI=1S/C8H8ClIN2S/c1-13-8-11-6(4-2-3-4)5(10)7(9)12-8/h4H,2-3H2,1H3. The first-order valence-electron chi connectivity index (χ1n) is 3.99. The monoisotopic (exact) mass is 326 g/mol. The second-order valence-corrected chi connectivity index (χ2v) is 5.18. The van der Waals surface area contributed by atoms with Crippen molar-refractivity contribution in [2.45, 2.75) is 23.9 Å². The van der Waals surface area contributed by atoms with Crippen LogP contribution < -0.4 is 0 Å². The van der Waals surface area contributed by atoms with Gasteiger partial charge >= 0.3 is 0 Å². The van der Waals surface area contributed by atoms with E-state index < -0.39 is 0 Å². The lowest BCUT2D eigenvalue weighted by molar-refractivity contribution is 0.872. The topological polar surface area (TPSA) is 25.8 Å². The van der Waals surface area contributed by atoms with Gasteiger partial charge in [-0.15, -0.1) is 0 Å². The zero-order valence-corrected chi connectivity index (χ0v) is 10.8. The molecule has 1 aromatic rings. The zero-order valence-electron chi connectivity index (χ0n) is 7.05. The van der Waals surface area contributed by atoms with Gasteiger partial charge < -0.3 is 0 Å². The van der Waals surface area contributed by atoms with E-state index in [1.54, 1.807) is 11.8 Å². The summed E-state index contributed by atoms with van der Waals surface area (Å²) in [6.45, 7) is 0. The predicted octanol–water partition coefficient (Wildman–Crippen LogP) is 3.33. The molecular weight excluding hydrogens is 319 g/mol. The molecule has 0 aromatic carbocycles. The fourth-order valence-corrected chi connectivity index (χ4v) is 2.42. The van der Waals surface area contributed by atoms with Gasteiger partial charge in [-0.05, 0) is 41.7 Å². The average molecular weight is 327 g/mol. The van der Waals surface area contributed by atoms with Crippen LogP contribution in [-0.4, -0.2) is 16.2 Å². The maximum absolute atomic E-state index is 6.00. The quantitative estimate of drug-likeness (QED) is 0.361. The predicted molar refractivity (Wildman–Crippen MR) is 63.5 cm³/mol. The van der Waals surface area contributed by atoms with Gasteiger partial charge in [0, 0.05) is 5.92 Å². The molecule has 0 amide bonds. The summed E-state index contributed by atoms with van der Waals surface area (Å²) in [7, 11) is 0. The third kappa shape index (κ3) is 2.10. The number of halogens is 2. The summed E-state index contributed by atoms with van der Waals surface area (Å²) >= 11 is 9.77. The summed E-state index contributed by atoms with van der Waals surface area (Å²) in [4.78, 5) is 8.65. The highest BCUT2D eigenvalue weighted by molar-refractivity contribution is 14.1. The van der Waals surface area contributed by atoms with Crippen molar-refractivity contribution in [2.24, 2.45) is 0 Å². The molecular formula is C8H8ClIN2S. The summed E-state index contributed by atoms with van der Waals surface area (Å²) in [5, 5.41) is 1.38. The molecule has 0 N–H and O–H groups in total. The van der Waals surface area contributed by atoms with Crippen LogP contribution in [0.25, 0.3) is 0 Å². The van der Waals surface area contributed by atoms with E-state index in [1.807, 2.05) is 6.26 Å². The highest BCUT2D eigenvalue weighted by Gasteiger charge is 2.28. The molecule has 1 aliphatic carbocycles. The lowest BCUT2D eigenvalue weighted by Crippen LogP contribution is -1.97. The molecule has 13 heavy (non-hydrogen) atoms. The molecule has 0 atom stereocenters. The molecule has 2 rings (SSSR count). The van der Waals surface area contributed by atoms with Gasteiger partial charge in [0.2, 0.25) is 0 Å². The van der Waals surface area contributed by atoms with Gasteiger partial charge in [0.1, 0.15) is 5.15 Å². The fourth-order valence-electron chi connectivity index (χ4n) is 1.13. The van der Waals surface area contributed by atoms with E-state index in [-0.39, 0.29) is 0 Å². The van der Waals surface area contributed by atoms with Crippen molar-refractivity contribution < 1.29 is 0 Å². The number of thioether (sulfide) groups is 1. The highest BCUT2D eigenvalue weighted by atomic mass is 127. The number of nitrogens with zero attached hydrogens (tertiary/aromatic N) is 2. The van der Waals surface area contributed by atoms with E-state index in [0.29, 0.717) is 11.1 Å². The molecule has 5 heteroatoms. The van der Waals surface area contributed by atoms with Crippen molar-refractivity contribution >= 4 is 46.0 Å². The van der Waals surface area contributed by atoms with Gasteiger partial charge in [-0.1, -0.05) is 23.4 Å². The summed E-state index contributed by atoms with van der Waals surface area (Å²) < 4.78 is 1.03. The molecule has 1 aliphatic rings. The average Bonchev–Trinajstić information content (AvgIpc) is 2.92. The van der Waals surface area contributed by atoms with Crippen LogP contribution in [0.3, 0.4) is 0 Å². The minimum Gasteiger partial charge on any atom is -0.226 e. The van der Waals surface area contributed by atoms with Gasteiger partial charge in [0.15, 0.2) is 5.16 Å². The highest BCUT2D eigenvalue weighted by Crippen LogP contribution is 2.42. The summed E-state index contributed by atoms with van der Waals surface area (Å²) in [5.74, 6) is 0.637. The van der Waals surface area contributed by atoms with Crippen molar-refractivity contribution in [1.29, 1.82) is 0 Å². The molecule has 1 fully saturated rings. The van der Waals surface area contributed by atoms with Crippen LogP contribution in [0.4, 0.5) is 0 Å². The molecule has 0 saturated heterocycles. The smallest absolute Gasteiger partial charge is 0.189 e. The Labute approximate surface area is 100 Å². The van der Waals surface area contributed by atoms with Crippen LogP contribution >= 0.6 is 46.0 Å². The first-order chi connectivity index (χ1) is 6.22. The number of hydrogen-bond donors (Lipinski definition) is 0. The van der Waals surface area contributed by atoms with E-state index in [9.17, 15) is 0 Å². The molecule has 0 bridgehead atoms. The van der Waals surface area contributed by atoms with Crippen molar-refractivity contribution in [3.05, 3.63) is 14.4 Å². The van der Waals surface area contributed by atoms with Gasteiger partial charge in [0.25, 0.3) is 0 Å². The largest absolute Gasteiger partial charge is 0.226 e. The van der Waals surface area contributed by atoms with Crippen molar-refractivity contribution in [3.8, 4) is 0 Å². The van der Waals surface area contributed by atoms with E-state index in [2.05, 4.69) is 32.6 Å². The normalized spacial score (nSPS) is 16.2. The van der Waals surface area contributed by atoms with Crippen molar-refractivity contribution in [3.63, 3.8) is 0 Å². The molecule has 0 spiro atoms. The molecule has 2 nitrogen and oxygen atoms in total. The Bertz CT molecular complexity index is 341. The molecule has 0 radical (unpaired) electrons. The number of hydrogen-bond acceptors (Lipinski definition) is 3. The van der Waals surface area contributed by atoms with Crippen LogP contribution in [0.15, 0.2) is 5.16 Å². The van der Waals surface area contributed by atoms with E-state index >= 15 is 0 Å². The van der Waals surface area contributed by atoms with Gasteiger partial charge in [-0.25, -0.2) is 9.97 Å². The Balaban J connectivity index is 2.46. The van der Waals surface area contributed by atoms with Gasteiger partial charge in [-0.3, -0.25) is 0 Å². The van der Waals surface area contributed by atoms with Gasteiger partial charge in [-0.2, -0.15) is 0 Å². The van der Waals surface area contributed by atoms with Crippen LogP contribution in [0.2, 0.25) is 5.15 Å². The third-order valence-electron chi connectivity index (χ3n) is 1.96. The Morgan fingerprint density at radius 2 is 2.15 bits per heavy atom. The fraction of sp³-hybridized carbons (Fsp3) is 0.500. The molecule has 1 heterocycles. The van der Waals surface area contributed by atoms with Gasteiger partial charge in [0.05, 0.1) is 9.26 Å². The van der Waals surface area contributed by atoms with Crippen LogP contribution in [0, 0.1) is 3.57 Å². The first-order valence-corrected chi connectivity index (χ1v) is 6.67. The first kappa shape index (κ1) is 9.98. The SMILES string of the molecule is CSc1nc(Cl)c(I)c(C2CC2)n1. The van der Waals surface area contributed by atoms with Crippen LogP contribution in [0.1, 0.15) is 24.5 Å². The Kier molecular flexibility index (Phi) is 3.00. The summed E-state index contributed by atoms with van der Waals surface area (Å²) in [6, 6.07) is 0. The summed E-state index contributed by atoms with van der Waals surface area (Å²) in [6.07, 6.45) is 4.46. The maximum Gasteiger partial charge on any atom is 0.189 e. The van der Waals surface area contributed by atoms with Crippen molar-refractivity contribution in [2.75, 3.05) is 6.26 Å². The zero-order chi connectivity index (χ0) is 9.42. The van der Waals surface area contributed by atoms with Crippen LogP contribution in [-0.2, 0) is 0 Å². The Morgan fingerprint density at radius 1 is 1.46 bits per heavy atom. The van der Waals surface area contributed by atoms with E-state index in [1.165, 1.54) is 12.8 Å². The summed E-state index contributed by atoms with van der Waals surface area (Å²) in [5.41, 5.74) is 1.14. The second kappa shape index (κ2) is 3.90. The number of rotatable bonds is 2. The van der Waals surface area contributed by atoms with Crippen LogP contribution in [0.5, 0.6) is 0 Å². The molecule has 0 aliphatic heterocycles. The lowest BCUT2D eigenvalue weighted by Gasteiger charge is -2.04. The van der Waals surface area contributed by atoms with Crippen molar-refractivity contribution in [1.82, 2.24) is 9.97 Å². The Hall–Kier alpha value is 0.450. The third-order valence-corrected chi connectivity index (χ3v) is 4.17. The molecule has 1 saturated carbocycles. The molecule has 70 valence electrons. The minimum atomic E-state index is 0.599. The second-order valence-electron chi connectivity index (χ2n) is 2.97. The van der Waals surface area contributed by atoms with E-state index in [0.717, 1.165) is 14.4 Å². The number of aromatic nitrogens is 2. The molecule has 0 unspecified atom stereocenters.